The van der Waals surface area contributed by atoms with Crippen LogP contribution in [0.25, 0.3) is 0 Å². The van der Waals surface area contributed by atoms with Gasteiger partial charge in [-0.1, -0.05) is 30.8 Å². The van der Waals surface area contributed by atoms with Crippen LogP contribution >= 0.6 is 0 Å². The van der Waals surface area contributed by atoms with Gasteiger partial charge in [-0.05, 0) is 12.1 Å². The number of hydrogen-bond acceptors (Lipinski definition) is 6. The van der Waals surface area contributed by atoms with Gasteiger partial charge in [-0.3, -0.25) is 9.59 Å². The van der Waals surface area contributed by atoms with E-state index in [1.54, 1.807) is 18.2 Å². The van der Waals surface area contributed by atoms with E-state index in [-0.39, 0.29) is 46.1 Å². The first-order valence-corrected chi connectivity index (χ1v) is 9.09. The normalized spacial score (nSPS) is 13.1. The largest absolute Gasteiger partial charge is 0.504 e. The lowest BCUT2D eigenvalue weighted by molar-refractivity contribution is 0.0976. The highest BCUT2D eigenvalue weighted by Gasteiger charge is 2.33. The van der Waals surface area contributed by atoms with Crippen molar-refractivity contribution in [1.29, 1.82) is 0 Å². The number of aromatic hydroxyl groups is 1. The topological polar surface area (TPSA) is 97.7 Å². The molecule has 0 heterocycles. The quantitative estimate of drug-likeness (QED) is 0.750. The molecule has 0 amide bonds. The molecule has 128 valence electrons. The second kappa shape index (κ2) is 6.18. The minimum absolute atomic E-state index is 0.0569. The van der Waals surface area contributed by atoms with E-state index >= 15 is 0 Å². The Kier molecular flexibility index (Phi) is 4.18. The van der Waals surface area contributed by atoms with Gasteiger partial charge in [0.05, 0.1) is 11.3 Å². The number of phenols is 1. The number of sulfone groups is 1. The van der Waals surface area contributed by atoms with Crippen molar-refractivity contribution in [2.45, 2.75) is 0 Å². The molecule has 0 radical (unpaired) electrons. The first-order valence-electron chi connectivity index (χ1n) is 7.38. The number of carbonyl (C=O) groups excluding carboxylic acids is 2. The Hall–Kier alpha value is -2.93. The highest BCUT2D eigenvalue weighted by molar-refractivity contribution is 7.94. The number of benzene rings is 2. The molecule has 6 nitrogen and oxygen atoms in total. The summed E-state index contributed by atoms with van der Waals surface area (Å²) < 4.78 is 28.0. The summed E-state index contributed by atoms with van der Waals surface area (Å²) in [4.78, 5) is 25.1. The summed E-state index contributed by atoms with van der Waals surface area (Å²) >= 11 is 0. The fraction of sp³-hybridized carbons (Fsp3) is 0.111. The Morgan fingerprint density at radius 3 is 2.28 bits per heavy atom. The monoisotopic (exact) mass is 358 g/mol. The smallest absolute Gasteiger partial charge is 0.198 e. The van der Waals surface area contributed by atoms with Gasteiger partial charge in [-0.15, -0.1) is 0 Å². The summed E-state index contributed by atoms with van der Waals surface area (Å²) in [6, 6.07) is 9.09. The second-order valence-electron chi connectivity index (χ2n) is 5.42. The molecule has 0 atom stereocenters. The third-order valence-electron chi connectivity index (χ3n) is 3.91. The number of phenolic OH excluding ortho intramolecular Hbond substituents is 1. The first kappa shape index (κ1) is 16.9. The van der Waals surface area contributed by atoms with Crippen molar-refractivity contribution in [2.24, 2.45) is 0 Å². The molecule has 3 rings (SSSR count). The highest BCUT2D eigenvalue weighted by atomic mass is 32.2. The number of ketones is 2. The molecule has 1 aliphatic carbocycles. The molecule has 0 aliphatic heterocycles. The fourth-order valence-electron chi connectivity index (χ4n) is 2.62. The van der Waals surface area contributed by atoms with Gasteiger partial charge < -0.3 is 9.84 Å². The Morgan fingerprint density at radius 1 is 1.00 bits per heavy atom. The number of hydrogen-bond donors (Lipinski definition) is 1. The van der Waals surface area contributed by atoms with E-state index in [1.165, 1.54) is 18.2 Å². The molecule has 7 heteroatoms. The van der Waals surface area contributed by atoms with E-state index in [4.69, 9.17) is 4.74 Å². The number of fused-ring (bicyclic) bond motifs is 2. The minimum atomic E-state index is -3.44. The van der Waals surface area contributed by atoms with Gasteiger partial charge in [-0.25, -0.2) is 8.42 Å². The third-order valence-corrected chi connectivity index (χ3v) is 5.15. The van der Waals surface area contributed by atoms with Crippen LogP contribution in [0.1, 0.15) is 31.8 Å². The minimum Gasteiger partial charge on any atom is -0.504 e. The Morgan fingerprint density at radius 2 is 1.64 bits per heavy atom. The van der Waals surface area contributed by atoms with Gasteiger partial charge in [0.15, 0.2) is 32.9 Å². The standard InChI is InChI=1S/C18H14O6S/c1-2-25(22,23)10-9-24-14-8-7-13-15(18(14)21)17(20)12-6-4-3-5-11(12)16(13)19/h2-8,21H,1,9-10H2. The molecule has 0 aromatic heterocycles. The van der Waals surface area contributed by atoms with Crippen molar-refractivity contribution in [3.8, 4) is 11.5 Å². The number of rotatable bonds is 5. The molecular formula is C18H14O6S. The zero-order valence-electron chi connectivity index (χ0n) is 13.1. The van der Waals surface area contributed by atoms with Crippen LogP contribution in [-0.2, 0) is 9.84 Å². The van der Waals surface area contributed by atoms with E-state index < -0.39 is 21.4 Å². The summed E-state index contributed by atoms with van der Waals surface area (Å²) in [6.45, 7) is 2.97. The molecule has 2 aromatic carbocycles. The van der Waals surface area contributed by atoms with Crippen LogP contribution in [0.3, 0.4) is 0 Å². The zero-order valence-corrected chi connectivity index (χ0v) is 13.9. The summed E-state index contributed by atoms with van der Waals surface area (Å²) in [6.07, 6.45) is 0. The predicted octanol–water partition coefficient (Wildman–Crippen LogP) is 2.10. The Labute approximate surface area is 144 Å². The molecule has 0 fully saturated rings. The lowest BCUT2D eigenvalue weighted by Gasteiger charge is -2.19. The molecule has 2 aromatic rings. The van der Waals surface area contributed by atoms with Crippen molar-refractivity contribution >= 4 is 21.4 Å². The van der Waals surface area contributed by atoms with Gasteiger partial charge >= 0.3 is 0 Å². The van der Waals surface area contributed by atoms with Crippen molar-refractivity contribution in [3.05, 3.63) is 70.6 Å². The molecule has 0 bridgehead atoms. The summed E-state index contributed by atoms with van der Waals surface area (Å²) in [5, 5.41) is 11.2. The Balaban J connectivity index is 1.96. The molecule has 0 unspecified atom stereocenters. The van der Waals surface area contributed by atoms with Crippen molar-refractivity contribution in [2.75, 3.05) is 12.4 Å². The Bertz CT molecular complexity index is 1000. The van der Waals surface area contributed by atoms with E-state index in [2.05, 4.69) is 6.58 Å². The first-order chi connectivity index (χ1) is 11.9. The van der Waals surface area contributed by atoms with E-state index in [0.29, 0.717) is 0 Å². The lowest BCUT2D eigenvalue weighted by Crippen LogP contribution is -2.21. The van der Waals surface area contributed by atoms with Crippen LogP contribution in [-0.4, -0.2) is 37.5 Å². The SMILES string of the molecule is C=CS(=O)(=O)CCOc1ccc2c(c1O)C(=O)c1ccccc1C2=O. The van der Waals surface area contributed by atoms with Gasteiger partial charge in [0.25, 0.3) is 0 Å². The average molecular weight is 358 g/mol. The molecule has 1 aliphatic rings. The summed E-state index contributed by atoms with van der Waals surface area (Å²) in [7, 11) is -3.44. The second-order valence-corrected chi connectivity index (χ2v) is 7.49. The molecule has 0 saturated carbocycles. The third kappa shape index (κ3) is 2.94. The lowest BCUT2D eigenvalue weighted by atomic mass is 9.83. The molecule has 0 spiro atoms. The van der Waals surface area contributed by atoms with Crippen LogP contribution in [0.4, 0.5) is 0 Å². The van der Waals surface area contributed by atoms with Crippen LogP contribution in [0, 0.1) is 0 Å². The highest BCUT2D eigenvalue weighted by Crippen LogP contribution is 2.38. The summed E-state index contributed by atoms with van der Waals surface area (Å²) in [5.74, 6) is -1.68. The predicted molar refractivity (Wildman–Crippen MR) is 90.9 cm³/mol. The van der Waals surface area contributed by atoms with Crippen molar-refractivity contribution in [3.63, 3.8) is 0 Å². The maximum atomic E-state index is 12.6. The van der Waals surface area contributed by atoms with Gasteiger partial charge in [0, 0.05) is 22.1 Å². The van der Waals surface area contributed by atoms with Crippen LogP contribution in [0.5, 0.6) is 11.5 Å². The molecule has 25 heavy (non-hydrogen) atoms. The molecule has 0 saturated heterocycles. The van der Waals surface area contributed by atoms with E-state index in [9.17, 15) is 23.1 Å². The van der Waals surface area contributed by atoms with E-state index in [0.717, 1.165) is 5.41 Å². The molecular weight excluding hydrogens is 344 g/mol. The zero-order chi connectivity index (χ0) is 18.2. The van der Waals surface area contributed by atoms with Crippen LogP contribution in [0.2, 0.25) is 0 Å². The van der Waals surface area contributed by atoms with Crippen molar-refractivity contribution < 1.29 is 27.9 Å². The average Bonchev–Trinajstić information content (AvgIpc) is 2.61. The van der Waals surface area contributed by atoms with Crippen molar-refractivity contribution in [1.82, 2.24) is 0 Å². The van der Waals surface area contributed by atoms with Gasteiger partial charge in [-0.2, -0.15) is 0 Å². The molecule has 1 N–H and O–H groups in total. The maximum absolute atomic E-state index is 12.6. The number of carbonyl (C=O) groups is 2. The number of ether oxygens (including phenoxy) is 1. The van der Waals surface area contributed by atoms with Gasteiger partial charge in [0.2, 0.25) is 0 Å². The summed E-state index contributed by atoms with van der Waals surface area (Å²) in [5.41, 5.74) is 0.451. The van der Waals surface area contributed by atoms with Crippen LogP contribution in [0.15, 0.2) is 48.4 Å². The fourth-order valence-corrected chi connectivity index (χ4v) is 3.10. The van der Waals surface area contributed by atoms with Crippen LogP contribution < -0.4 is 4.74 Å². The maximum Gasteiger partial charge on any atom is 0.198 e. The van der Waals surface area contributed by atoms with Gasteiger partial charge in [0.1, 0.15) is 6.61 Å². The van der Waals surface area contributed by atoms with E-state index in [1.807, 2.05) is 0 Å².